The smallest absolute Gasteiger partial charge is 0.225 e. The van der Waals surface area contributed by atoms with Crippen LogP contribution in [0.1, 0.15) is 79.1 Å². The largest absolute Gasteiger partial charge is 0.496 e. The molecule has 0 spiro atoms. The minimum absolute atomic E-state index is 0.0416. The highest BCUT2D eigenvalue weighted by Crippen LogP contribution is 2.40. The van der Waals surface area contributed by atoms with Crippen LogP contribution in [-0.4, -0.2) is 51.4 Å². The summed E-state index contributed by atoms with van der Waals surface area (Å²) in [5.74, 6) is 0.892. The number of carbonyl (C=O) groups excluding carboxylic acids is 2. The fourth-order valence-corrected chi connectivity index (χ4v) is 5.38. The number of methoxy groups -OCH3 is 1. The molecule has 0 unspecified atom stereocenters. The van der Waals surface area contributed by atoms with Gasteiger partial charge in [-0.2, -0.15) is 5.26 Å². The second-order valence-corrected chi connectivity index (χ2v) is 11.6. The molecule has 1 saturated heterocycles. The van der Waals surface area contributed by atoms with Crippen LogP contribution < -0.4 is 4.74 Å². The van der Waals surface area contributed by atoms with Crippen molar-refractivity contribution in [1.29, 1.82) is 5.26 Å². The van der Waals surface area contributed by atoms with Gasteiger partial charge in [0.15, 0.2) is 5.78 Å². The van der Waals surface area contributed by atoms with Crippen LogP contribution in [-0.2, 0) is 24.9 Å². The lowest BCUT2D eigenvalue weighted by molar-refractivity contribution is -0.139. The Morgan fingerprint density at radius 3 is 2.51 bits per heavy atom. The number of aliphatic hydroxyl groups is 1. The minimum atomic E-state index is -0.259. The quantitative estimate of drug-likeness (QED) is 0.441. The summed E-state index contributed by atoms with van der Waals surface area (Å²) in [7, 11) is 3.57. The number of fused-ring (bicyclic) bond motifs is 1. The van der Waals surface area contributed by atoms with Gasteiger partial charge in [-0.25, -0.2) is 4.98 Å². The highest BCUT2D eigenvalue weighted by molar-refractivity contribution is 5.99. The lowest BCUT2D eigenvalue weighted by atomic mass is 9.80. The third-order valence-electron chi connectivity index (χ3n) is 8.23. The second-order valence-electron chi connectivity index (χ2n) is 11.6. The number of likely N-dealkylation sites (tertiary alicyclic amines) is 1. The number of Topliss-reactive ketones (excluding diaryl/α,β-unsaturated/α-hetero) is 1. The van der Waals surface area contributed by atoms with Gasteiger partial charge >= 0.3 is 0 Å². The average molecular weight is 531 g/mol. The summed E-state index contributed by atoms with van der Waals surface area (Å²) >= 11 is 0. The summed E-state index contributed by atoms with van der Waals surface area (Å²) < 4.78 is 7.89. The molecule has 39 heavy (non-hydrogen) atoms. The van der Waals surface area contributed by atoms with E-state index in [-0.39, 0.29) is 47.5 Å². The van der Waals surface area contributed by atoms with Crippen molar-refractivity contribution < 1.29 is 19.4 Å². The van der Waals surface area contributed by atoms with E-state index in [1.54, 1.807) is 25.4 Å². The SMILES string of the molecule is COc1c(CC(=O)c2ccc(CO)c(C#N)c2)cnc2c1c(C1CCN(C(=O)[C@H](C)C(C)(C)C)CC1)cn2C. The molecular formula is C31H38N4O4. The van der Waals surface area contributed by atoms with Gasteiger partial charge in [-0.3, -0.25) is 9.59 Å². The molecule has 8 nitrogen and oxygen atoms in total. The van der Waals surface area contributed by atoms with Gasteiger partial charge in [0.2, 0.25) is 5.91 Å². The molecule has 2 aromatic heterocycles. The summed E-state index contributed by atoms with van der Waals surface area (Å²) in [6.07, 6.45) is 5.55. The van der Waals surface area contributed by atoms with E-state index in [1.165, 1.54) is 6.07 Å². The van der Waals surface area contributed by atoms with E-state index in [9.17, 15) is 20.0 Å². The molecule has 1 amide bonds. The first-order valence-electron chi connectivity index (χ1n) is 13.5. The third-order valence-corrected chi connectivity index (χ3v) is 8.23. The van der Waals surface area contributed by atoms with Gasteiger partial charge in [0.05, 0.1) is 30.7 Å². The van der Waals surface area contributed by atoms with Gasteiger partial charge in [0, 0.05) is 56.0 Å². The number of nitriles is 1. The maximum Gasteiger partial charge on any atom is 0.225 e. The maximum absolute atomic E-state index is 13.2. The fraction of sp³-hybridized carbons (Fsp3) is 0.484. The zero-order valence-electron chi connectivity index (χ0n) is 23.7. The van der Waals surface area contributed by atoms with Crippen molar-refractivity contribution in [2.75, 3.05) is 20.2 Å². The first-order chi connectivity index (χ1) is 18.5. The summed E-state index contributed by atoms with van der Waals surface area (Å²) in [5.41, 5.74) is 3.70. The Bertz CT molecular complexity index is 1440. The van der Waals surface area contributed by atoms with Crippen molar-refractivity contribution in [2.24, 2.45) is 18.4 Å². The Kier molecular flexibility index (Phi) is 8.12. The van der Waals surface area contributed by atoms with Crippen LogP contribution in [0.3, 0.4) is 0 Å². The minimum Gasteiger partial charge on any atom is -0.496 e. The Balaban J connectivity index is 1.61. The predicted octanol–water partition coefficient (Wildman–Crippen LogP) is 4.76. The fourth-order valence-electron chi connectivity index (χ4n) is 5.38. The number of benzene rings is 1. The topological polar surface area (TPSA) is 108 Å². The first-order valence-corrected chi connectivity index (χ1v) is 13.5. The zero-order valence-corrected chi connectivity index (χ0v) is 23.7. The monoisotopic (exact) mass is 530 g/mol. The van der Waals surface area contributed by atoms with E-state index in [1.807, 2.05) is 29.5 Å². The van der Waals surface area contributed by atoms with Gasteiger partial charge in [-0.15, -0.1) is 0 Å². The normalized spacial score (nSPS) is 15.3. The van der Waals surface area contributed by atoms with Crippen LogP contribution in [0, 0.1) is 22.7 Å². The number of ketones is 1. The predicted molar refractivity (Wildman–Crippen MR) is 150 cm³/mol. The Morgan fingerprint density at radius 2 is 1.92 bits per heavy atom. The number of piperidine rings is 1. The van der Waals surface area contributed by atoms with E-state index in [0.717, 1.165) is 29.4 Å². The molecule has 4 rings (SSSR count). The number of amides is 1. The first kappa shape index (κ1) is 28.3. The number of aromatic nitrogens is 2. The molecule has 8 heteroatoms. The van der Waals surface area contributed by atoms with Crippen molar-refractivity contribution >= 4 is 22.7 Å². The molecule has 0 saturated carbocycles. The average Bonchev–Trinajstić information content (AvgIpc) is 3.27. The maximum atomic E-state index is 13.2. The number of carbonyl (C=O) groups is 2. The summed E-state index contributed by atoms with van der Waals surface area (Å²) in [5, 5.41) is 19.7. The molecule has 206 valence electrons. The Morgan fingerprint density at radius 1 is 1.23 bits per heavy atom. The van der Waals surface area contributed by atoms with Crippen LogP contribution in [0.4, 0.5) is 0 Å². The highest BCUT2D eigenvalue weighted by atomic mass is 16.5. The van der Waals surface area contributed by atoms with Crippen LogP contribution in [0.15, 0.2) is 30.6 Å². The molecule has 1 aromatic carbocycles. The molecule has 0 radical (unpaired) electrons. The van der Waals surface area contributed by atoms with E-state index in [4.69, 9.17) is 4.74 Å². The molecule has 0 aliphatic carbocycles. The standard InChI is InChI=1S/C31H38N4O4/c1-19(31(2,3)4)30(38)35-11-9-20(10-12-35)25-17-34(5)29-27(25)28(39-6)24(16-33-29)14-26(37)21-7-8-22(18-36)23(13-21)15-32/h7-8,13,16-17,19-20,36H,9-12,14,18H2,1-6H3/t19-/m0/s1. The van der Waals surface area contributed by atoms with Gasteiger partial charge < -0.3 is 19.3 Å². The number of aliphatic hydroxyl groups excluding tert-OH is 1. The molecule has 3 heterocycles. The Hall–Kier alpha value is -3.70. The second kappa shape index (κ2) is 11.2. The van der Waals surface area contributed by atoms with Crippen molar-refractivity contribution in [1.82, 2.24) is 14.5 Å². The van der Waals surface area contributed by atoms with Crippen LogP contribution in [0.2, 0.25) is 0 Å². The van der Waals surface area contributed by atoms with E-state index < -0.39 is 0 Å². The number of hydrogen-bond donors (Lipinski definition) is 1. The molecule has 1 aliphatic heterocycles. The summed E-state index contributed by atoms with van der Waals surface area (Å²) in [4.78, 5) is 33.0. The van der Waals surface area contributed by atoms with Crippen molar-refractivity contribution in [3.63, 3.8) is 0 Å². The van der Waals surface area contributed by atoms with Gasteiger partial charge in [0.1, 0.15) is 11.4 Å². The Labute approximate surface area is 230 Å². The zero-order chi connectivity index (χ0) is 28.5. The third kappa shape index (κ3) is 5.55. The van der Waals surface area contributed by atoms with Crippen LogP contribution in [0.5, 0.6) is 5.75 Å². The van der Waals surface area contributed by atoms with Gasteiger partial charge in [-0.1, -0.05) is 39.8 Å². The molecule has 1 fully saturated rings. The van der Waals surface area contributed by atoms with Gasteiger partial charge in [-0.05, 0) is 41.4 Å². The molecule has 1 atom stereocenters. The lowest BCUT2D eigenvalue weighted by Crippen LogP contribution is -2.43. The summed E-state index contributed by atoms with van der Waals surface area (Å²) in [6, 6.07) is 6.82. The highest BCUT2D eigenvalue weighted by Gasteiger charge is 2.34. The summed E-state index contributed by atoms with van der Waals surface area (Å²) in [6.45, 7) is 9.48. The van der Waals surface area contributed by atoms with E-state index >= 15 is 0 Å². The van der Waals surface area contributed by atoms with E-state index in [0.29, 0.717) is 35.5 Å². The van der Waals surface area contributed by atoms with E-state index in [2.05, 4.69) is 32.0 Å². The molecular weight excluding hydrogens is 492 g/mol. The van der Waals surface area contributed by atoms with Gasteiger partial charge in [0.25, 0.3) is 0 Å². The number of rotatable bonds is 7. The van der Waals surface area contributed by atoms with Crippen molar-refractivity contribution in [2.45, 2.75) is 59.5 Å². The van der Waals surface area contributed by atoms with Crippen LogP contribution in [0.25, 0.3) is 11.0 Å². The number of hydrogen-bond acceptors (Lipinski definition) is 6. The van der Waals surface area contributed by atoms with Crippen molar-refractivity contribution in [3.8, 4) is 11.8 Å². The number of aryl methyl sites for hydroxylation is 1. The number of ether oxygens (including phenoxy) is 1. The molecule has 3 aromatic rings. The number of nitrogens with zero attached hydrogens (tertiary/aromatic N) is 4. The van der Waals surface area contributed by atoms with Crippen molar-refractivity contribution in [3.05, 3.63) is 58.4 Å². The lowest BCUT2D eigenvalue weighted by Gasteiger charge is -2.36. The molecule has 1 N–H and O–H groups in total. The molecule has 1 aliphatic rings. The van der Waals surface area contributed by atoms with Crippen LogP contribution >= 0.6 is 0 Å². The number of pyridine rings is 1. The molecule has 0 bridgehead atoms.